The fraction of sp³-hybridized carbons (Fsp3) is 0.375. The summed E-state index contributed by atoms with van der Waals surface area (Å²) in [4.78, 5) is 12.0. The van der Waals surface area contributed by atoms with E-state index in [1.54, 1.807) is 0 Å². The number of benzene rings is 1. The first kappa shape index (κ1) is 14.3. The van der Waals surface area contributed by atoms with Crippen LogP contribution in [0.1, 0.15) is 35.9 Å². The maximum atomic E-state index is 12.0. The molecule has 2 rings (SSSR count). The van der Waals surface area contributed by atoms with E-state index in [-0.39, 0.29) is 5.91 Å². The van der Waals surface area contributed by atoms with E-state index >= 15 is 0 Å². The number of anilines is 1. The fourth-order valence-electron chi connectivity index (χ4n) is 2.14. The topological polar surface area (TPSA) is 57.8 Å². The first-order valence-corrected chi connectivity index (χ1v) is 6.99. The third-order valence-corrected chi connectivity index (χ3v) is 3.46. The summed E-state index contributed by atoms with van der Waals surface area (Å²) in [5, 5.41) is 9.85. The molecule has 1 heterocycles. The molecule has 106 valence electrons. The fourth-order valence-corrected chi connectivity index (χ4v) is 2.14. The van der Waals surface area contributed by atoms with Gasteiger partial charge < -0.3 is 5.32 Å². The largest absolute Gasteiger partial charge is 0.323 e. The zero-order chi connectivity index (χ0) is 14.5. The monoisotopic (exact) mass is 271 g/mol. The number of rotatable bonds is 5. The van der Waals surface area contributed by atoms with E-state index in [1.165, 1.54) is 11.1 Å². The van der Waals surface area contributed by atoms with E-state index in [9.17, 15) is 4.79 Å². The smallest absolute Gasteiger partial charge is 0.224 e. The van der Waals surface area contributed by atoms with Crippen LogP contribution in [0.5, 0.6) is 0 Å². The van der Waals surface area contributed by atoms with Gasteiger partial charge in [-0.3, -0.25) is 9.89 Å². The number of nitrogens with one attached hydrogen (secondary N) is 2. The van der Waals surface area contributed by atoms with Crippen molar-refractivity contribution in [3.05, 3.63) is 46.8 Å². The molecule has 0 bridgehead atoms. The Morgan fingerprint density at radius 3 is 2.40 bits per heavy atom. The minimum atomic E-state index is 0.0252. The number of aromatic amines is 1. The zero-order valence-electron chi connectivity index (χ0n) is 12.3. The highest BCUT2D eigenvalue weighted by Gasteiger charge is 2.10. The Kier molecular flexibility index (Phi) is 4.56. The number of carbonyl (C=O) groups is 1. The first-order chi connectivity index (χ1) is 9.60. The molecule has 20 heavy (non-hydrogen) atoms. The van der Waals surface area contributed by atoms with Crippen molar-refractivity contribution in [1.82, 2.24) is 10.2 Å². The average molecular weight is 271 g/mol. The van der Waals surface area contributed by atoms with Gasteiger partial charge in [-0.05, 0) is 37.8 Å². The predicted molar refractivity (Wildman–Crippen MR) is 80.8 cm³/mol. The van der Waals surface area contributed by atoms with E-state index in [0.717, 1.165) is 29.9 Å². The Labute approximate surface area is 119 Å². The van der Waals surface area contributed by atoms with Gasteiger partial charge in [0, 0.05) is 6.42 Å². The highest BCUT2D eigenvalue weighted by Crippen LogP contribution is 2.16. The second kappa shape index (κ2) is 6.37. The molecule has 1 aromatic heterocycles. The standard InChI is InChI=1S/C16H21N3O/c1-4-13-5-7-14(8-6-13)9-10-15(20)17-16-11(2)18-19-12(16)3/h5-8H,4,9-10H2,1-3H3,(H,17,20)(H,18,19). The molecule has 0 aliphatic carbocycles. The van der Waals surface area contributed by atoms with Crippen LogP contribution >= 0.6 is 0 Å². The van der Waals surface area contributed by atoms with Crippen molar-refractivity contribution in [2.75, 3.05) is 5.32 Å². The molecule has 0 unspecified atom stereocenters. The van der Waals surface area contributed by atoms with Gasteiger partial charge in [0.15, 0.2) is 0 Å². The van der Waals surface area contributed by atoms with Crippen LogP contribution in [0.3, 0.4) is 0 Å². The molecule has 0 atom stereocenters. The van der Waals surface area contributed by atoms with Crippen molar-refractivity contribution >= 4 is 11.6 Å². The Balaban J connectivity index is 1.89. The van der Waals surface area contributed by atoms with Crippen LogP contribution in [0.15, 0.2) is 24.3 Å². The lowest BCUT2D eigenvalue weighted by Crippen LogP contribution is -2.13. The molecular weight excluding hydrogens is 250 g/mol. The number of aryl methyl sites for hydroxylation is 4. The van der Waals surface area contributed by atoms with Crippen LogP contribution in [0.4, 0.5) is 5.69 Å². The quantitative estimate of drug-likeness (QED) is 0.877. The van der Waals surface area contributed by atoms with E-state index in [2.05, 4.69) is 46.7 Å². The summed E-state index contributed by atoms with van der Waals surface area (Å²) in [5.74, 6) is 0.0252. The summed E-state index contributed by atoms with van der Waals surface area (Å²) >= 11 is 0. The van der Waals surface area contributed by atoms with E-state index < -0.39 is 0 Å². The maximum Gasteiger partial charge on any atom is 0.224 e. The normalized spacial score (nSPS) is 10.6. The lowest BCUT2D eigenvalue weighted by molar-refractivity contribution is -0.116. The van der Waals surface area contributed by atoms with E-state index in [1.807, 2.05) is 13.8 Å². The summed E-state index contributed by atoms with van der Waals surface area (Å²) in [6, 6.07) is 8.44. The van der Waals surface area contributed by atoms with Crippen LogP contribution in [-0.4, -0.2) is 16.1 Å². The maximum absolute atomic E-state index is 12.0. The van der Waals surface area contributed by atoms with Crippen molar-refractivity contribution in [1.29, 1.82) is 0 Å². The summed E-state index contributed by atoms with van der Waals surface area (Å²) in [6.07, 6.45) is 2.28. The SMILES string of the molecule is CCc1ccc(CCC(=O)Nc2c(C)n[nH]c2C)cc1. The Morgan fingerprint density at radius 2 is 1.85 bits per heavy atom. The van der Waals surface area contributed by atoms with E-state index in [4.69, 9.17) is 0 Å². The number of hydrogen-bond donors (Lipinski definition) is 2. The lowest BCUT2D eigenvalue weighted by atomic mass is 10.1. The van der Waals surface area contributed by atoms with Gasteiger partial charge in [-0.2, -0.15) is 5.10 Å². The molecule has 4 nitrogen and oxygen atoms in total. The van der Waals surface area contributed by atoms with Crippen LogP contribution in [0.2, 0.25) is 0 Å². The molecule has 0 fully saturated rings. The van der Waals surface area contributed by atoms with Crippen LogP contribution in [0.25, 0.3) is 0 Å². The van der Waals surface area contributed by atoms with E-state index in [0.29, 0.717) is 6.42 Å². The lowest BCUT2D eigenvalue weighted by Gasteiger charge is -2.06. The first-order valence-electron chi connectivity index (χ1n) is 6.99. The molecular formula is C16H21N3O. The number of H-pyrrole nitrogens is 1. The molecule has 0 saturated heterocycles. The van der Waals surface area contributed by atoms with Gasteiger partial charge in [-0.25, -0.2) is 0 Å². The number of aromatic nitrogens is 2. The molecule has 2 N–H and O–H groups in total. The predicted octanol–water partition coefficient (Wildman–Crippen LogP) is 3.16. The molecule has 0 radical (unpaired) electrons. The van der Waals surface area contributed by atoms with Gasteiger partial charge in [0.2, 0.25) is 5.91 Å². The van der Waals surface area contributed by atoms with Crippen LogP contribution < -0.4 is 5.32 Å². The number of amides is 1. The van der Waals surface area contributed by atoms with Gasteiger partial charge in [0.25, 0.3) is 0 Å². The van der Waals surface area contributed by atoms with Gasteiger partial charge in [-0.1, -0.05) is 31.2 Å². The number of carbonyl (C=O) groups excluding carboxylic acids is 1. The second-order valence-electron chi connectivity index (χ2n) is 5.03. The van der Waals surface area contributed by atoms with Gasteiger partial charge >= 0.3 is 0 Å². The molecule has 0 saturated carbocycles. The summed E-state index contributed by atoms with van der Waals surface area (Å²) in [5.41, 5.74) is 5.03. The highest BCUT2D eigenvalue weighted by atomic mass is 16.1. The molecule has 0 spiro atoms. The number of hydrogen-bond acceptors (Lipinski definition) is 2. The molecule has 0 aliphatic heterocycles. The Hall–Kier alpha value is -2.10. The average Bonchev–Trinajstić information content (AvgIpc) is 2.77. The van der Waals surface area contributed by atoms with Crippen molar-refractivity contribution < 1.29 is 4.79 Å². The van der Waals surface area contributed by atoms with Crippen molar-refractivity contribution in [2.45, 2.75) is 40.0 Å². The van der Waals surface area contributed by atoms with Gasteiger partial charge in [0.1, 0.15) is 0 Å². The summed E-state index contributed by atoms with van der Waals surface area (Å²) in [7, 11) is 0. The van der Waals surface area contributed by atoms with Crippen LogP contribution in [-0.2, 0) is 17.6 Å². The summed E-state index contributed by atoms with van der Waals surface area (Å²) in [6.45, 7) is 5.92. The Bertz CT molecular complexity index is 565. The Morgan fingerprint density at radius 1 is 1.20 bits per heavy atom. The van der Waals surface area contributed by atoms with Gasteiger partial charge in [0.05, 0.1) is 17.1 Å². The molecule has 1 amide bonds. The van der Waals surface area contributed by atoms with Gasteiger partial charge in [-0.15, -0.1) is 0 Å². The van der Waals surface area contributed by atoms with Crippen molar-refractivity contribution in [3.8, 4) is 0 Å². The molecule has 4 heteroatoms. The van der Waals surface area contributed by atoms with Crippen molar-refractivity contribution in [2.24, 2.45) is 0 Å². The highest BCUT2D eigenvalue weighted by molar-refractivity contribution is 5.91. The van der Waals surface area contributed by atoms with Crippen LogP contribution in [0, 0.1) is 13.8 Å². The minimum absolute atomic E-state index is 0.0252. The molecule has 1 aromatic carbocycles. The van der Waals surface area contributed by atoms with Crippen molar-refractivity contribution in [3.63, 3.8) is 0 Å². The minimum Gasteiger partial charge on any atom is -0.323 e. The molecule has 0 aliphatic rings. The zero-order valence-corrected chi connectivity index (χ0v) is 12.3. The summed E-state index contributed by atoms with van der Waals surface area (Å²) < 4.78 is 0. The third-order valence-electron chi connectivity index (χ3n) is 3.46. The third kappa shape index (κ3) is 3.47. The molecule has 2 aromatic rings. The second-order valence-corrected chi connectivity index (χ2v) is 5.03. The number of nitrogens with zero attached hydrogens (tertiary/aromatic N) is 1.